The molecule has 1 aromatic heterocycles. The first-order valence-corrected chi connectivity index (χ1v) is 5.31. The van der Waals surface area contributed by atoms with Gasteiger partial charge in [0.15, 0.2) is 5.75 Å². The number of ether oxygens (including phenoxy) is 1. The molecule has 0 saturated carbocycles. The first-order valence-electron chi connectivity index (χ1n) is 5.31. The molecule has 2 aromatic rings. The Kier molecular flexibility index (Phi) is 3.29. The number of halogens is 2. The number of benzene rings is 1. The molecule has 0 fully saturated rings. The predicted molar refractivity (Wildman–Crippen MR) is 62.1 cm³/mol. The van der Waals surface area contributed by atoms with E-state index in [1.54, 1.807) is 7.05 Å². The van der Waals surface area contributed by atoms with Crippen molar-refractivity contribution in [2.24, 2.45) is 12.8 Å². The van der Waals surface area contributed by atoms with E-state index in [9.17, 15) is 8.78 Å². The highest BCUT2D eigenvalue weighted by molar-refractivity contribution is 5.36. The minimum Gasteiger partial charge on any atom is -0.493 e. The Balaban J connectivity index is 2.47. The van der Waals surface area contributed by atoms with Crippen molar-refractivity contribution in [3.8, 4) is 5.75 Å². The van der Waals surface area contributed by atoms with Gasteiger partial charge in [0.1, 0.15) is 17.3 Å². The van der Waals surface area contributed by atoms with Gasteiger partial charge in [0.05, 0.1) is 19.3 Å². The van der Waals surface area contributed by atoms with Gasteiger partial charge in [-0.15, -0.1) is 0 Å². The second kappa shape index (κ2) is 4.73. The molecule has 96 valence electrons. The Hall–Kier alpha value is -1.95. The maximum Gasteiger partial charge on any atom is 0.161 e. The molecule has 0 spiro atoms. The molecule has 4 nitrogen and oxygen atoms in total. The van der Waals surface area contributed by atoms with E-state index >= 15 is 0 Å². The van der Waals surface area contributed by atoms with Gasteiger partial charge in [-0.3, -0.25) is 4.68 Å². The van der Waals surface area contributed by atoms with Crippen LogP contribution in [0.4, 0.5) is 8.78 Å². The molecule has 1 aromatic carbocycles. The maximum atomic E-state index is 13.7. The minimum atomic E-state index is -0.770. The Bertz CT molecular complexity index is 568. The van der Waals surface area contributed by atoms with Crippen LogP contribution in [0.1, 0.15) is 17.3 Å². The molecule has 1 heterocycles. The summed E-state index contributed by atoms with van der Waals surface area (Å²) in [5.74, 6) is -0.861. The fourth-order valence-corrected chi connectivity index (χ4v) is 1.84. The molecule has 6 heteroatoms. The lowest BCUT2D eigenvalue weighted by molar-refractivity contribution is 0.405. The van der Waals surface area contributed by atoms with Gasteiger partial charge in [0.2, 0.25) is 0 Å². The quantitative estimate of drug-likeness (QED) is 0.906. The Morgan fingerprint density at radius 3 is 2.72 bits per heavy atom. The van der Waals surface area contributed by atoms with Gasteiger partial charge in [-0.2, -0.15) is 5.10 Å². The maximum absolute atomic E-state index is 13.7. The molecule has 0 amide bonds. The lowest BCUT2D eigenvalue weighted by Gasteiger charge is -2.15. The van der Waals surface area contributed by atoms with Crippen molar-refractivity contribution in [3.63, 3.8) is 0 Å². The third-order valence-electron chi connectivity index (χ3n) is 2.76. The molecular formula is C12H13F2N3O. The predicted octanol–water partition coefficient (Wildman–Crippen LogP) is 1.75. The van der Waals surface area contributed by atoms with Crippen LogP contribution in [0.25, 0.3) is 0 Å². The van der Waals surface area contributed by atoms with E-state index in [1.807, 2.05) is 0 Å². The highest BCUT2D eigenvalue weighted by atomic mass is 19.1. The van der Waals surface area contributed by atoms with E-state index in [0.717, 1.165) is 6.07 Å². The smallest absolute Gasteiger partial charge is 0.161 e. The molecular weight excluding hydrogens is 240 g/mol. The van der Waals surface area contributed by atoms with Crippen LogP contribution in [0, 0.1) is 11.6 Å². The summed E-state index contributed by atoms with van der Waals surface area (Å²) in [6.07, 6.45) is 1.50. The third-order valence-corrected chi connectivity index (χ3v) is 2.76. The number of nitrogens with two attached hydrogens (primary N) is 1. The number of rotatable bonds is 3. The normalized spacial score (nSPS) is 12.5. The van der Waals surface area contributed by atoms with Crippen molar-refractivity contribution in [2.45, 2.75) is 6.04 Å². The fourth-order valence-electron chi connectivity index (χ4n) is 1.84. The molecule has 0 aliphatic rings. The van der Waals surface area contributed by atoms with E-state index in [-0.39, 0.29) is 5.56 Å². The summed E-state index contributed by atoms with van der Waals surface area (Å²) in [5.41, 5.74) is 6.71. The van der Waals surface area contributed by atoms with Crippen molar-refractivity contribution in [1.29, 1.82) is 0 Å². The zero-order valence-corrected chi connectivity index (χ0v) is 10.0. The SMILES string of the molecule is COc1cnn(C)c1C(N)c1ccc(F)cc1F. The van der Waals surface area contributed by atoms with Gasteiger partial charge in [-0.1, -0.05) is 6.07 Å². The van der Waals surface area contributed by atoms with E-state index < -0.39 is 17.7 Å². The van der Waals surface area contributed by atoms with Crippen molar-refractivity contribution in [3.05, 3.63) is 47.3 Å². The van der Waals surface area contributed by atoms with Gasteiger partial charge in [0.25, 0.3) is 0 Å². The number of hydrogen-bond donors (Lipinski definition) is 1. The van der Waals surface area contributed by atoms with Crippen LogP contribution < -0.4 is 10.5 Å². The summed E-state index contributed by atoms with van der Waals surface area (Å²) < 4.78 is 33.1. The van der Waals surface area contributed by atoms with Crippen LogP contribution in [-0.4, -0.2) is 16.9 Å². The molecule has 18 heavy (non-hydrogen) atoms. The summed E-state index contributed by atoms with van der Waals surface area (Å²) in [4.78, 5) is 0. The second-order valence-electron chi connectivity index (χ2n) is 3.87. The van der Waals surface area contributed by atoms with Gasteiger partial charge < -0.3 is 10.5 Å². The zero-order chi connectivity index (χ0) is 13.3. The van der Waals surface area contributed by atoms with Crippen molar-refractivity contribution in [2.75, 3.05) is 7.11 Å². The first kappa shape index (κ1) is 12.5. The summed E-state index contributed by atoms with van der Waals surface area (Å²) in [7, 11) is 3.16. The monoisotopic (exact) mass is 253 g/mol. The fraction of sp³-hybridized carbons (Fsp3) is 0.250. The third kappa shape index (κ3) is 2.06. The van der Waals surface area contributed by atoms with Gasteiger partial charge in [-0.25, -0.2) is 8.78 Å². The largest absolute Gasteiger partial charge is 0.493 e. The van der Waals surface area contributed by atoms with Crippen LogP contribution in [0.15, 0.2) is 24.4 Å². The molecule has 0 bridgehead atoms. The summed E-state index contributed by atoms with van der Waals surface area (Å²) in [6, 6.07) is 2.52. The number of aromatic nitrogens is 2. The van der Waals surface area contributed by atoms with E-state index in [4.69, 9.17) is 10.5 Å². The topological polar surface area (TPSA) is 53.1 Å². The van der Waals surface area contributed by atoms with Crippen molar-refractivity contribution >= 4 is 0 Å². The molecule has 0 aliphatic heterocycles. The first-order chi connectivity index (χ1) is 8.54. The Morgan fingerprint density at radius 1 is 1.39 bits per heavy atom. The lowest BCUT2D eigenvalue weighted by atomic mass is 10.0. The molecule has 2 rings (SSSR count). The molecule has 1 atom stereocenters. The van der Waals surface area contributed by atoms with Crippen LogP contribution in [0.5, 0.6) is 5.75 Å². The van der Waals surface area contributed by atoms with Gasteiger partial charge >= 0.3 is 0 Å². The van der Waals surface area contributed by atoms with Crippen LogP contribution >= 0.6 is 0 Å². The second-order valence-corrected chi connectivity index (χ2v) is 3.87. The lowest BCUT2D eigenvalue weighted by Crippen LogP contribution is -2.18. The highest BCUT2D eigenvalue weighted by Crippen LogP contribution is 2.29. The Morgan fingerprint density at radius 2 is 2.11 bits per heavy atom. The number of nitrogens with zero attached hydrogens (tertiary/aromatic N) is 2. The summed E-state index contributed by atoms with van der Waals surface area (Å²) >= 11 is 0. The van der Waals surface area contributed by atoms with Crippen molar-refractivity contribution < 1.29 is 13.5 Å². The minimum absolute atomic E-state index is 0.193. The van der Waals surface area contributed by atoms with Crippen molar-refractivity contribution in [1.82, 2.24) is 9.78 Å². The van der Waals surface area contributed by atoms with Crippen LogP contribution in [0.2, 0.25) is 0 Å². The Labute approximate surface area is 103 Å². The van der Waals surface area contributed by atoms with Gasteiger partial charge in [-0.05, 0) is 6.07 Å². The van der Waals surface area contributed by atoms with Gasteiger partial charge in [0, 0.05) is 18.7 Å². The van der Waals surface area contributed by atoms with Crippen LogP contribution in [-0.2, 0) is 7.05 Å². The molecule has 2 N–H and O–H groups in total. The van der Waals surface area contributed by atoms with E-state index in [0.29, 0.717) is 11.4 Å². The average molecular weight is 253 g/mol. The number of methoxy groups -OCH3 is 1. The summed E-state index contributed by atoms with van der Waals surface area (Å²) in [6.45, 7) is 0. The number of aryl methyl sites for hydroxylation is 1. The standard InChI is InChI=1S/C12H13F2N3O/c1-17-12(10(18-2)6-16-17)11(15)8-4-3-7(13)5-9(8)14/h3-6,11H,15H2,1-2H3. The molecule has 0 saturated heterocycles. The highest BCUT2D eigenvalue weighted by Gasteiger charge is 2.21. The van der Waals surface area contributed by atoms with Crippen LogP contribution in [0.3, 0.4) is 0 Å². The van der Waals surface area contributed by atoms with E-state index in [1.165, 1.54) is 30.1 Å². The molecule has 0 aliphatic carbocycles. The molecule has 1 unspecified atom stereocenters. The molecule has 0 radical (unpaired) electrons. The zero-order valence-electron chi connectivity index (χ0n) is 10.0. The average Bonchev–Trinajstić information content (AvgIpc) is 2.69. The summed E-state index contributed by atoms with van der Waals surface area (Å²) in [5, 5.41) is 4.00. The van der Waals surface area contributed by atoms with E-state index in [2.05, 4.69) is 5.10 Å². The number of hydrogen-bond acceptors (Lipinski definition) is 3.